The van der Waals surface area contributed by atoms with E-state index in [0.717, 1.165) is 42.3 Å². The van der Waals surface area contributed by atoms with Crippen LogP contribution in [0.3, 0.4) is 0 Å². The number of benzene rings is 1. The number of hydrogen-bond acceptors (Lipinski definition) is 4. The molecule has 154 valence electrons. The van der Waals surface area contributed by atoms with Crippen molar-refractivity contribution in [2.45, 2.75) is 45.2 Å². The van der Waals surface area contributed by atoms with Gasteiger partial charge >= 0.3 is 0 Å². The van der Waals surface area contributed by atoms with Crippen LogP contribution in [0.25, 0.3) is 21.8 Å². The van der Waals surface area contributed by atoms with Crippen molar-refractivity contribution in [3.05, 3.63) is 40.8 Å². The quantitative estimate of drug-likeness (QED) is 0.666. The lowest BCUT2D eigenvalue weighted by Crippen LogP contribution is -2.40. The molecule has 1 aromatic carbocycles. The maximum Gasteiger partial charge on any atom is 0.291 e. The van der Waals surface area contributed by atoms with E-state index in [9.17, 15) is 9.59 Å². The van der Waals surface area contributed by atoms with Gasteiger partial charge in [0.15, 0.2) is 0 Å². The Morgan fingerprint density at radius 1 is 1.28 bits per heavy atom. The van der Waals surface area contributed by atoms with Gasteiger partial charge in [-0.25, -0.2) is 4.68 Å². The fraction of sp³-hybridized carbons (Fsp3) is 0.500. The number of likely N-dealkylation sites (tertiary alicyclic amines) is 1. The van der Waals surface area contributed by atoms with Crippen LogP contribution >= 0.6 is 0 Å². The van der Waals surface area contributed by atoms with E-state index in [1.165, 1.54) is 11.1 Å². The van der Waals surface area contributed by atoms with Crippen LogP contribution in [0.15, 0.2) is 35.3 Å². The van der Waals surface area contributed by atoms with Crippen molar-refractivity contribution in [3.8, 4) is 0 Å². The summed E-state index contributed by atoms with van der Waals surface area (Å²) in [5.41, 5.74) is 1.57. The van der Waals surface area contributed by atoms with E-state index in [4.69, 9.17) is 0 Å². The molecule has 0 unspecified atom stereocenters. The molecule has 1 fully saturated rings. The third-order valence-corrected chi connectivity index (χ3v) is 6.09. The topological polar surface area (TPSA) is 72.2 Å². The van der Waals surface area contributed by atoms with Crippen LogP contribution in [0.1, 0.15) is 32.6 Å². The molecule has 0 aliphatic carbocycles. The molecule has 3 heterocycles. The Morgan fingerprint density at radius 2 is 2.10 bits per heavy atom. The van der Waals surface area contributed by atoms with E-state index in [0.29, 0.717) is 30.9 Å². The molecule has 1 N–H and O–H groups in total. The van der Waals surface area contributed by atoms with Crippen LogP contribution in [0, 0.1) is 0 Å². The van der Waals surface area contributed by atoms with E-state index in [-0.39, 0.29) is 11.5 Å². The van der Waals surface area contributed by atoms with Crippen LogP contribution in [0.4, 0.5) is 0 Å². The monoisotopic (exact) mass is 395 g/mol. The van der Waals surface area contributed by atoms with Gasteiger partial charge < -0.3 is 9.88 Å². The third-order valence-electron chi connectivity index (χ3n) is 6.09. The molecule has 4 rings (SSSR count). The fourth-order valence-electron chi connectivity index (χ4n) is 4.53. The molecule has 7 heteroatoms. The number of amides is 1. The Balaban J connectivity index is 1.45. The first-order valence-corrected chi connectivity index (χ1v) is 10.5. The molecule has 3 aromatic rings. The SMILES string of the molecule is CCN1CCC[C@@H]1CNC(=O)CCCn1c2ccccc2c2cnn(C)c(=O)c21. The maximum atomic E-state index is 12.7. The molecule has 29 heavy (non-hydrogen) atoms. The highest BCUT2D eigenvalue weighted by molar-refractivity contribution is 6.07. The van der Waals surface area contributed by atoms with Crippen molar-refractivity contribution >= 4 is 27.7 Å². The third kappa shape index (κ3) is 3.79. The Bertz CT molecular complexity index is 1080. The van der Waals surface area contributed by atoms with Gasteiger partial charge in [0.2, 0.25) is 5.91 Å². The molecular formula is C22H29N5O2. The number of carbonyl (C=O) groups is 1. The van der Waals surface area contributed by atoms with Crippen LogP contribution in [-0.2, 0) is 18.4 Å². The predicted molar refractivity (Wildman–Crippen MR) is 115 cm³/mol. The molecular weight excluding hydrogens is 366 g/mol. The molecule has 1 aliphatic rings. The second-order valence-electron chi connectivity index (χ2n) is 7.84. The molecule has 1 saturated heterocycles. The highest BCUT2D eigenvalue weighted by Crippen LogP contribution is 2.26. The Hall–Kier alpha value is -2.67. The number of rotatable bonds is 7. The smallest absolute Gasteiger partial charge is 0.291 e. The molecule has 0 radical (unpaired) electrons. The van der Waals surface area contributed by atoms with Gasteiger partial charge in [0.05, 0.1) is 6.20 Å². The molecule has 2 aromatic heterocycles. The lowest BCUT2D eigenvalue weighted by atomic mass is 10.2. The van der Waals surface area contributed by atoms with Gasteiger partial charge in [-0.15, -0.1) is 0 Å². The number of aromatic nitrogens is 3. The summed E-state index contributed by atoms with van der Waals surface area (Å²) in [5, 5.41) is 9.17. The average molecular weight is 396 g/mol. The molecule has 1 amide bonds. The van der Waals surface area contributed by atoms with Crippen molar-refractivity contribution in [3.63, 3.8) is 0 Å². The minimum Gasteiger partial charge on any atom is -0.355 e. The highest BCUT2D eigenvalue weighted by atomic mass is 16.1. The summed E-state index contributed by atoms with van der Waals surface area (Å²) >= 11 is 0. The number of fused-ring (bicyclic) bond motifs is 3. The first-order valence-electron chi connectivity index (χ1n) is 10.5. The number of aryl methyl sites for hydroxylation is 2. The normalized spacial score (nSPS) is 17.4. The van der Waals surface area contributed by atoms with Crippen molar-refractivity contribution < 1.29 is 4.79 Å². The summed E-state index contributed by atoms with van der Waals surface area (Å²) < 4.78 is 3.41. The van der Waals surface area contributed by atoms with Gasteiger partial charge in [-0.3, -0.25) is 14.5 Å². The van der Waals surface area contributed by atoms with Gasteiger partial charge in [-0.2, -0.15) is 5.10 Å². The number of hydrogen-bond donors (Lipinski definition) is 1. The molecule has 0 spiro atoms. The lowest BCUT2D eigenvalue weighted by Gasteiger charge is -2.22. The van der Waals surface area contributed by atoms with Crippen molar-refractivity contribution in [1.29, 1.82) is 0 Å². The Labute approximate surface area is 170 Å². The number of nitrogens with zero attached hydrogens (tertiary/aromatic N) is 4. The van der Waals surface area contributed by atoms with Gasteiger partial charge in [0.25, 0.3) is 5.56 Å². The summed E-state index contributed by atoms with van der Waals surface area (Å²) in [7, 11) is 1.67. The van der Waals surface area contributed by atoms with Crippen LogP contribution in [0.2, 0.25) is 0 Å². The minimum absolute atomic E-state index is 0.0864. The van der Waals surface area contributed by atoms with Gasteiger partial charge in [0, 0.05) is 48.9 Å². The van der Waals surface area contributed by atoms with Crippen molar-refractivity contribution in [2.24, 2.45) is 7.05 Å². The molecule has 0 bridgehead atoms. The average Bonchev–Trinajstić information content (AvgIpc) is 3.32. The van der Waals surface area contributed by atoms with Crippen LogP contribution in [-0.4, -0.2) is 50.8 Å². The Kier molecular flexibility index (Phi) is 5.67. The number of carbonyl (C=O) groups excluding carboxylic acids is 1. The van der Waals surface area contributed by atoms with Gasteiger partial charge in [-0.1, -0.05) is 25.1 Å². The molecule has 0 saturated carbocycles. The zero-order valence-electron chi connectivity index (χ0n) is 17.2. The van der Waals surface area contributed by atoms with E-state index < -0.39 is 0 Å². The Morgan fingerprint density at radius 3 is 2.93 bits per heavy atom. The van der Waals surface area contributed by atoms with E-state index in [1.54, 1.807) is 13.2 Å². The van der Waals surface area contributed by atoms with E-state index in [1.807, 2.05) is 28.8 Å². The highest BCUT2D eigenvalue weighted by Gasteiger charge is 2.23. The van der Waals surface area contributed by atoms with E-state index >= 15 is 0 Å². The van der Waals surface area contributed by atoms with Crippen LogP contribution in [0.5, 0.6) is 0 Å². The fourth-order valence-corrected chi connectivity index (χ4v) is 4.53. The van der Waals surface area contributed by atoms with E-state index in [2.05, 4.69) is 22.2 Å². The van der Waals surface area contributed by atoms with Gasteiger partial charge in [0.1, 0.15) is 5.52 Å². The first kappa shape index (κ1) is 19.6. The summed E-state index contributed by atoms with van der Waals surface area (Å²) in [6.07, 6.45) is 5.27. The number of likely N-dealkylation sites (N-methyl/N-ethyl adjacent to an activating group) is 1. The maximum absolute atomic E-state index is 12.7. The van der Waals surface area contributed by atoms with Crippen LogP contribution < -0.4 is 10.9 Å². The summed E-state index contributed by atoms with van der Waals surface area (Å²) in [6.45, 7) is 5.70. The minimum atomic E-state index is -0.107. The molecule has 1 atom stereocenters. The molecule has 1 aliphatic heterocycles. The summed E-state index contributed by atoms with van der Waals surface area (Å²) in [6, 6.07) is 8.46. The van der Waals surface area contributed by atoms with Gasteiger partial charge in [-0.05, 0) is 38.4 Å². The summed E-state index contributed by atoms with van der Waals surface area (Å²) in [4.78, 5) is 27.5. The molecule has 7 nitrogen and oxygen atoms in total. The summed E-state index contributed by atoms with van der Waals surface area (Å²) in [5.74, 6) is 0.0864. The first-order chi connectivity index (χ1) is 14.1. The lowest BCUT2D eigenvalue weighted by molar-refractivity contribution is -0.121. The zero-order valence-corrected chi connectivity index (χ0v) is 17.2. The standard InChI is InChI=1S/C22H29N5O2/c1-3-26-12-6-8-16(26)14-23-20(28)11-7-13-27-19-10-5-4-9-17(19)18-15-24-25(2)22(29)21(18)27/h4-5,9-10,15-16H,3,6-8,11-14H2,1-2H3,(H,23,28)/t16-/m1/s1. The second-order valence-corrected chi connectivity index (χ2v) is 7.84. The van der Waals surface area contributed by atoms with Crippen molar-refractivity contribution in [2.75, 3.05) is 19.6 Å². The van der Waals surface area contributed by atoms with Crippen molar-refractivity contribution in [1.82, 2.24) is 24.6 Å². The number of para-hydroxylation sites is 1. The largest absolute Gasteiger partial charge is 0.355 e. The zero-order chi connectivity index (χ0) is 20.4. The number of nitrogens with one attached hydrogen (secondary N) is 1. The predicted octanol–water partition coefficient (Wildman–Crippen LogP) is 2.27. The second kappa shape index (κ2) is 8.37.